The fourth-order valence-corrected chi connectivity index (χ4v) is 4.28. The van der Waals surface area contributed by atoms with Crippen LogP contribution in [0.3, 0.4) is 0 Å². The van der Waals surface area contributed by atoms with Gasteiger partial charge in [-0.3, -0.25) is 10.1 Å². The summed E-state index contributed by atoms with van der Waals surface area (Å²) in [5.74, 6) is -0.761. The van der Waals surface area contributed by atoms with Crippen molar-refractivity contribution in [1.82, 2.24) is 20.4 Å². The van der Waals surface area contributed by atoms with Crippen LogP contribution in [0.25, 0.3) is 5.69 Å². The maximum Gasteiger partial charge on any atom is 0.321 e. The summed E-state index contributed by atoms with van der Waals surface area (Å²) in [6, 6.07) is 5.21. The smallest absolute Gasteiger partial charge is 0.321 e. The van der Waals surface area contributed by atoms with Gasteiger partial charge in [-0.1, -0.05) is 23.1 Å². The summed E-state index contributed by atoms with van der Waals surface area (Å²) in [4.78, 5) is 23.6. The van der Waals surface area contributed by atoms with Crippen LogP contribution >= 0.6 is 35.3 Å². The molecule has 25 heavy (non-hydrogen) atoms. The van der Waals surface area contributed by atoms with Crippen LogP contribution in [0.5, 0.6) is 0 Å². The van der Waals surface area contributed by atoms with Gasteiger partial charge in [0.15, 0.2) is 8.29 Å². The van der Waals surface area contributed by atoms with Crippen molar-refractivity contribution < 1.29 is 14.0 Å². The van der Waals surface area contributed by atoms with Gasteiger partial charge >= 0.3 is 6.03 Å². The Hall–Kier alpha value is -1.78. The van der Waals surface area contributed by atoms with E-state index in [1.807, 2.05) is 0 Å². The fraction of sp³-hybridized carbons (Fsp3) is 0.333. The number of nitrogens with zero attached hydrogens (tertiary/aromatic N) is 2. The molecule has 0 radical (unpaired) electrons. The van der Waals surface area contributed by atoms with E-state index >= 15 is 0 Å². The number of nitrogens with one attached hydrogen (secondary N) is 2. The molecule has 0 unspecified atom stereocenters. The summed E-state index contributed by atoms with van der Waals surface area (Å²) in [6.07, 6.45) is 0. The number of hydrogen-bond donors (Lipinski definition) is 2. The zero-order valence-electron chi connectivity index (χ0n) is 13.8. The second-order valence-corrected chi connectivity index (χ2v) is 8.61. The number of thioether (sulfide) groups is 1. The Balaban J connectivity index is 2.04. The first-order valence-electron chi connectivity index (χ1n) is 7.40. The first-order chi connectivity index (χ1) is 11.8. The highest BCUT2D eigenvalue weighted by molar-refractivity contribution is 8.02. The molecule has 0 saturated carbocycles. The van der Waals surface area contributed by atoms with Gasteiger partial charge in [0.2, 0.25) is 5.91 Å². The second kappa shape index (κ2) is 8.54. The lowest BCUT2D eigenvalue weighted by Crippen LogP contribution is -2.45. The summed E-state index contributed by atoms with van der Waals surface area (Å²) in [6.45, 7) is 5.28. The van der Waals surface area contributed by atoms with Gasteiger partial charge < -0.3 is 5.32 Å². The molecule has 2 rings (SSSR count). The maximum absolute atomic E-state index is 13.0. The van der Waals surface area contributed by atoms with Crippen molar-refractivity contribution in [2.45, 2.75) is 36.4 Å². The van der Waals surface area contributed by atoms with Crippen molar-refractivity contribution >= 4 is 47.3 Å². The monoisotopic (exact) mass is 400 g/mol. The third kappa shape index (κ3) is 5.62. The Bertz CT molecular complexity index is 817. The van der Waals surface area contributed by atoms with Crippen molar-refractivity contribution in [1.29, 1.82) is 0 Å². The number of amides is 3. The molecule has 1 aromatic heterocycles. The summed E-state index contributed by atoms with van der Waals surface area (Å²) in [5, 5.41) is 8.69. The lowest BCUT2D eigenvalue weighted by Gasteiger charge is -2.12. The standard InChI is InChI=1S/C15H17FN4O2S3/c1-8(2)17-13(22)18-12(21)9(3)24-14-19-20(15(23)25-14)11-6-4-10(16)5-7-11/h4-9H,1-3H3,(H2,17,18,21,22)/t9-/m1/s1. The highest BCUT2D eigenvalue weighted by Crippen LogP contribution is 2.27. The number of hydrogen-bond acceptors (Lipinski definition) is 6. The molecule has 1 heterocycles. The molecule has 0 aliphatic carbocycles. The molecule has 2 aromatic rings. The lowest BCUT2D eigenvalue weighted by atomic mass is 10.3. The van der Waals surface area contributed by atoms with E-state index in [4.69, 9.17) is 12.2 Å². The van der Waals surface area contributed by atoms with E-state index in [2.05, 4.69) is 15.7 Å². The zero-order chi connectivity index (χ0) is 18.6. The van der Waals surface area contributed by atoms with Crippen LogP contribution in [0.4, 0.5) is 9.18 Å². The highest BCUT2D eigenvalue weighted by atomic mass is 32.2. The largest absolute Gasteiger partial charge is 0.336 e. The number of carbonyl (C=O) groups excluding carboxylic acids is 2. The molecule has 0 saturated heterocycles. The lowest BCUT2D eigenvalue weighted by molar-refractivity contribution is -0.119. The van der Waals surface area contributed by atoms with Crippen molar-refractivity contribution in [3.8, 4) is 5.69 Å². The third-order valence-corrected chi connectivity index (χ3v) is 5.32. The van der Waals surface area contributed by atoms with Crippen LogP contribution < -0.4 is 10.6 Å². The molecule has 1 atom stereocenters. The van der Waals surface area contributed by atoms with E-state index in [1.54, 1.807) is 32.9 Å². The Morgan fingerprint density at radius 2 is 1.92 bits per heavy atom. The fourth-order valence-electron chi connectivity index (χ4n) is 1.77. The van der Waals surface area contributed by atoms with Gasteiger partial charge in [-0.05, 0) is 57.3 Å². The Kier molecular flexibility index (Phi) is 6.68. The molecular weight excluding hydrogens is 383 g/mol. The minimum Gasteiger partial charge on any atom is -0.336 e. The van der Waals surface area contributed by atoms with Gasteiger partial charge in [-0.15, -0.1) is 5.10 Å². The summed E-state index contributed by atoms with van der Waals surface area (Å²) < 4.78 is 15.6. The number of aromatic nitrogens is 2. The molecule has 0 bridgehead atoms. The number of carbonyl (C=O) groups is 2. The van der Waals surface area contributed by atoms with Crippen LogP contribution in [-0.4, -0.2) is 33.0 Å². The topological polar surface area (TPSA) is 76.0 Å². The van der Waals surface area contributed by atoms with E-state index < -0.39 is 17.2 Å². The summed E-state index contributed by atoms with van der Waals surface area (Å²) in [7, 11) is 0. The first-order valence-corrected chi connectivity index (χ1v) is 9.51. The highest BCUT2D eigenvalue weighted by Gasteiger charge is 2.19. The predicted octanol–water partition coefficient (Wildman–Crippen LogP) is 3.52. The maximum atomic E-state index is 13.0. The van der Waals surface area contributed by atoms with Crippen molar-refractivity contribution in [3.05, 3.63) is 34.0 Å². The summed E-state index contributed by atoms with van der Waals surface area (Å²) in [5.41, 5.74) is 0.642. The van der Waals surface area contributed by atoms with Gasteiger partial charge in [-0.25, -0.2) is 13.9 Å². The average molecular weight is 401 g/mol. The summed E-state index contributed by atoms with van der Waals surface area (Å²) >= 11 is 7.71. The van der Waals surface area contributed by atoms with Crippen LogP contribution in [0.15, 0.2) is 28.6 Å². The van der Waals surface area contributed by atoms with Crippen LogP contribution in [0, 0.1) is 9.77 Å². The van der Waals surface area contributed by atoms with Gasteiger partial charge in [0.05, 0.1) is 10.9 Å². The van der Waals surface area contributed by atoms with Crippen LogP contribution in [0.2, 0.25) is 0 Å². The minimum atomic E-state index is -0.531. The van der Waals surface area contributed by atoms with Gasteiger partial charge in [-0.2, -0.15) is 0 Å². The van der Waals surface area contributed by atoms with Crippen molar-refractivity contribution in [2.24, 2.45) is 0 Å². The predicted molar refractivity (Wildman–Crippen MR) is 99.4 cm³/mol. The molecule has 0 fully saturated rings. The number of halogens is 1. The Labute approximate surface area is 157 Å². The normalized spacial score (nSPS) is 12.0. The molecule has 0 spiro atoms. The zero-order valence-corrected chi connectivity index (χ0v) is 16.2. The number of urea groups is 1. The number of benzene rings is 1. The van der Waals surface area contributed by atoms with Gasteiger partial charge in [0.1, 0.15) is 5.82 Å². The molecule has 1 aromatic carbocycles. The van der Waals surface area contributed by atoms with Gasteiger partial charge in [0, 0.05) is 6.04 Å². The van der Waals surface area contributed by atoms with E-state index in [-0.39, 0.29) is 11.9 Å². The second-order valence-electron chi connectivity index (χ2n) is 5.40. The van der Waals surface area contributed by atoms with Crippen LogP contribution in [0.1, 0.15) is 20.8 Å². The molecule has 10 heteroatoms. The molecule has 6 nitrogen and oxygen atoms in total. The molecule has 134 valence electrons. The molecule has 3 amide bonds. The van der Waals surface area contributed by atoms with E-state index in [0.29, 0.717) is 14.0 Å². The number of imide groups is 1. The Morgan fingerprint density at radius 1 is 1.28 bits per heavy atom. The molecule has 2 N–H and O–H groups in total. The van der Waals surface area contributed by atoms with Gasteiger partial charge in [0.25, 0.3) is 0 Å². The third-order valence-electron chi connectivity index (χ3n) is 2.90. The van der Waals surface area contributed by atoms with E-state index in [0.717, 1.165) is 0 Å². The van der Waals surface area contributed by atoms with Crippen molar-refractivity contribution in [3.63, 3.8) is 0 Å². The molecular formula is C15H17FN4O2S3. The van der Waals surface area contributed by atoms with E-state index in [9.17, 15) is 14.0 Å². The van der Waals surface area contributed by atoms with Crippen molar-refractivity contribution in [2.75, 3.05) is 0 Å². The quantitative estimate of drug-likeness (QED) is 0.593. The Morgan fingerprint density at radius 3 is 2.52 bits per heavy atom. The SMILES string of the molecule is CC(C)NC(=O)NC(=O)[C@@H](C)Sc1nn(-c2ccc(F)cc2)c(=S)s1. The number of rotatable bonds is 5. The molecule has 0 aliphatic heterocycles. The molecule has 0 aliphatic rings. The van der Waals surface area contributed by atoms with Crippen LogP contribution in [-0.2, 0) is 4.79 Å². The minimum absolute atomic E-state index is 0.0628. The average Bonchev–Trinajstić information content (AvgIpc) is 2.87. The van der Waals surface area contributed by atoms with E-state index in [1.165, 1.54) is 39.9 Å². The first kappa shape index (κ1) is 19.5.